The molecule has 0 bridgehead atoms. The Bertz CT molecular complexity index is 558. The number of ether oxygens (including phenoxy) is 2. The van der Waals surface area contributed by atoms with E-state index in [1.165, 1.54) is 0 Å². The molecule has 10 nitrogen and oxygen atoms in total. The van der Waals surface area contributed by atoms with Gasteiger partial charge in [-0.25, -0.2) is 0 Å². The molecule has 0 saturated carbocycles. The molecule has 0 unspecified atom stereocenters. The third-order valence-electron chi connectivity index (χ3n) is 4.57. The summed E-state index contributed by atoms with van der Waals surface area (Å²) in [5.41, 5.74) is 1.10. The Balaban J connectivity index is 1.64. The molecule has 0 aliphatic carbocycles. The molecule has 146 valence electrons. The Kier molecular flexibility index (Phi) is 5.95. The van der Waals surface area contributed by atoms with Crippen molar-refractivity contribution in [1.82, 2.24) is 0 Å². The average molecular weight is 372 g/mol. The van der Waals surface area contributed by atoms with E-state index in [9.17, 15) is 20.4 Å². The number of anilines is 2. The van der Waals surface area contributed by atoms with E-state index >= 15 is 0 Å². The van der Waals surface area contributed by atoms with Gasteiger partial charge in [0.25, 0.3) is 0 Å². The highest BCUT2D eigenvalue weighted by atomic mass is 16.6. The summed E-state index contributed by atoms with van der Waals surface area (Å²) >= 11 is 0. The molecule has 2 aliphatic heterocycles. The predicted molar refractivity (Wildman–Crippen MR) is 89.2 cm³/mol. The van der Waals surface area contributed by atoms with Crippen LogP contribution in [0.1, 0.15) is 0 Å². The van der Waals surface area contributed by atoms with Crippen LogP contribution in [-0.2, 0) is 9.47 Å². The van der Waals surface area contributed by atoms with Crippen molar-refractivity contribution in [3.63, 3.8) is 0 Å². The number of hydrogen-bond acceptors (Lipinski definition) is 10. The Hall–Kier alpha value is -1.50. The van der Waals surface area contributed by atoms with E-state index in [1.807, 2.05) is 0 Å². The maximum atomic E-state index is 9.97. The van der Waals surface area contributed by atoms with Crippen molar-refractivity contribution in [2.75, 3.05) is 23.8 Å². The molecule has 1 aromatic rings. The minimum atomic E-state index is -1.20. The smallest absolute Gasteiger partial charge is 0.157 e. The normalized spacial score (nSPS) is 39.9. The zero-order valence-electron chi connectivity index (χ0n) is 13.8. The summed E-state index contributed by atoms with van der Waals surface area (Å²) in [5.74, 6) is 0. The van der Waals surface area contributed by atoms with Gasteiger partial charge in [-0.05, 0) is 18.2 Å². The maximum Gasteiger partial charge on any atom is 0.157 e. The van der Waals surface area contributed by atoms with E-state index in [0.29, 0.717) is 11.4 Å². The molecule has 0 radical (unpaired) electrons. The average Bonchev–Trinajstić information content (AvgIpc) is 3.06. The molecule has 2 heterocycles. The molecule has 0 spiro atoms. The van der Waals surface area contributed by atoms with Crippen molar-refractivity contribution in [2.24, 2.45) is 0 Å². The zero-order valence-corrected chi connectivity index (χ0v) is 13.8. The van der Waals surface area contributed by atoms with Gasteiger partial charge in [-0.3, -0.25) is 0 Å². The Morgan fingerprint density at radius 1 is 0.731 bits per heavy atom. The van der Waals surface area contributed by atoms with Crippen LogP contribution in [0.3, 0.4) is 0 Å². The number of benzene rings is 1. The van der Waals surface area contributed by atoms with Crippen LogP contribution >= 0.6 is 0 Å². The topological polar surface area (TPSA) is 164 Å². The first kappa shape index (κ1) is 19.3. The zero-order chi connectivity index (χ0) is 18.8. The second-order valence-corrected chi connectivity index (χ2v) is 6.39. The van der Waals surface area contributed by atoms with Crippen LogP contribution in [0.5, 0.6) is 0 Å². The van der Waals surface area contributed by atoms with Gasteiger partial charge in [-0.1, -0.05) is 6.07 Å². The van der Waals surface area contributed by atoms with Gasteiger partial charge in [0.15, 0.2) is 12.5 Å². The molecule has 10 heteroatoms. The lowest BCUT2D eigenvalue weighted by molar-refractivity contribution is -0.0154. The van der Waals surface area contributed by atoms with Crippen LogP contribution < -0.4 is 10.6 Å². The van der Waals surface area contributed by atoms with Crippen LogP contribution in [-0.4, -0.2) is 92.9 Å². The van der Waals surface area contributed by atoms with Crippen LogP contribution in [0.2, 0.25) is 0 Å². The van der Waals surface area contributed by atoms with Crippen LogP contribution in [0, 0.1) is 0 Å². The Morgan fingerprint density at radius 3 is 1.50 bits per heavy atom. The van der Waals surface area contributed by atoms with Crippen molar-refractivity contribution in [3.05, 3.63) is 24.3 Å². The predicted octanol–water partition coefficient (Wildman–Crippen LogP) is -2.61. The number of rotatable bonds is 6. The summed E-state index contributed by atoms with van der Waals surface area (Å²) in [6, 6.07) is 6.77. The lowest BCUT2D eigenvalue weighted by Crippen LogP contribution is -2.37. The quantitative estimate of drug-likeness (QED) is 0.265. The Morgan fingerprint density at radius 2 is 1.15 bits per heavy atom. The second-order valence-electron chi connectivity index (χ2n) is 6.39. The molecule has 0 aromatic heterocycles. The molecule has 2 aliphatic rings. The standard InChI is InChI=1S/C16H24N2O8/c19-5-9-11(21)13(23)15(25-9)17-7-2-1-3-8(4-7)18-16-14(24)12(22)10(6-20)26-16/h1-4,9-24H,5-6H2/t9-,10+,11-,12-,13-,14-,15-,16+/m1/s1. The third-order valence-corrected chi connectivity index (χ3v) is 4.57. The van der Waals surface area contributed by atoms with Crippen molar-refractivity contribution in [3.8, 4) is 0 Å². The maximum absolute atomic E-state index is 9.97. The molecule has 1 aromatic carbocycles. The molecular formula is C16H24N2O8. The summed E-state index contributed by atoms with van der Waals surface area (Å²) in [7, 11) is 0. The highest BCUT2D eigenvalue weighted by molar-refractivity contribution is 5.57. The molecular weight excluding hydrogens is 348 g/mol. The van der Waals surface area contributed by atoms with Gasteiger partial charge >= 0.3 is 0 Å². The number of aliphatic hydroxyl groups is 6. The molecule has 2 fully saturated rings. The fourth-order valence-electron chi connectivity index (χ4n) is 3.06. The number of nitrogens with one attached hydrogen (secondary N) is 2. The molecule has 26 heavy (non-hydrogen) atoms. The first-order chi connectivity index (χ1) is 12.4. The SMILES string of the molecule is OC[C@@H]1O[C@H](Nc2cccc(N[C@@H]3O[C@H](CO)[C@@H](O)[C@H]3O)c2)[C@H](O)[C@@H]1O. The molecule has 3 rings (SSSR count). The summed E-state index contributed by atoms with van der Waals surface area (Å²) in [6.07, 6.45) is -8.34. The van der Waals surface area contributed by atoms with E-state index in [-0.39, 0.29) is 0 Å². The van der Waals surface area contributed by atoms with Crippen molar-refractivity contribution < 1.29 is 40.1 Å². The summed E-state index contributed by atoms with van der Waals surface area (Å²) in [4.78, 5) is 0. The third kappa shape index (κ3) is 3.77. The fraction of sp³-hybridized carbons (Fsp3) is 0.625. The van der Waals surface area contributed by atoms with Gasteiger partial charge in [0.1, 0.15) is 36.6 Å². The first-order valence-corrected chi connectivity index (χ1v) is 8.32. The number of aliphatic hydroxyl groups excluding tert-OH is 6. The van der Waals surface area contributed by atoms with Crippen LogP contribution in [0.25, 0.3) is 0 Å². The minimum absolute atomic E-state index is 0.413. The van der Waals surface area contributed by atoms with Gasteiger partial charge in [0.2, 0.25) is 0 Å². The van der Waals surface area contributed by atoms with Crippen molar-refractivity contribution in [2.45, 2.75) is 49.1 Å². The summed E-state index contributed by atoms with van der Waals surface area (Å²) in [5, 5.41) is 63.6. The van der Waals surface area contributed by atoms with E-state index in [4.69, 9.17) is 19.7 Å². The largest absolute Gasteiger partial charge is 0.394 e. The summed E-state index contributed by atoms with van der Waals surface area (Å²) in [6.45, 7) is -0.827. The molecule has 8 atom stereocenters. The van der Waals surface area contributed by atoms with Crippen LogP contribution in [0.15, 0.2) is 24.3 Å². The van der Waals surface area contributed by atoms with Gasteiger partial charge < -0.3 is 50.7 Å². The summed E-state index contributed by atoms with van der Waals surface area (Å²) < 4.78 is 10.7. The number of hydrogen-bond donors (Lipinski definition) is 8. The van der Waals surface area contributed by atoms with Crippen molar-refractivity contribution in [1.29, 1.82) is 0 Å². The first-order valence-electron chi connectivity index (χ1n) is 8.32. The van der Waals surface area contributed by atoms with Crippen LogP contribution in [0.4, 0.5) is 11.4 Å². The Labute approximate surface area is 149 Å². The molecule has 8 N–H and O–H groups in total. The minimum Gasteiger partial charge on any atom is -0.394 e. The lowest BCUT2D eigenvalue weighted by Gasteiger charge is -2.20. The fourth-order valence-corrected chi connectivity index (χ4v) is 3.06. The highest BCUT2D eigenvalue weighted by Gasteiger charge is 2.43. The molecule has 0 amide bonds. The molecule has 2 saturated heterocycles. The van der Waals surface area contributed by atoms with E-state index < -0.39 is 62.3 Å². The van der Waals surface area contributed by atoms with Gasteiger partial charge in [0, 0.05) is 11.4 Å². The van der Waals surface area contributed by atoms with Gasteiger partial charge in [-0.2, -0.15) is 0 Å². The highest BCUT2D eigenvalue weighted by Crippen LogP contribution is 2.26. The second kappa shape index (κ2) is 8.03. The van der Waals surface area contributed by atoms with E-state index in [2.05, 4.69) is 10.6 Å². The van der Waals surface area contributed by atoms with Crippen molar-refractivity contribution >= 4 is 11.4 Å². The van der Waals surface area contributed by atoms with E-state index in [1.54, 1.807) is 24.3 Å². The monoisotopic (exact) mass is 372 g/mol. The van der Waals surface area contributed by atoms with Gasteiger partial charge in [-0.15, -0.1) is 0 Å². The van der Waals surface area contributed by atoms with Gasteiger partial charge in [0.05, 0.1) is 13.2 Å². The lowest BCUT2D eigenvalue weighted by atomic mass is 10.1. The van der Waals surface area contributed by atoms with E-state index in [0.717, 1.165) is 0 Å².